The largest absolute Gasteiger partial charge is 0.313 e. The molecule has 3 nitrogen and oxygen atoms in total. The van der Waals surface area contributed by atoms with Crippen molar-refractivity contribution in [2.75, 3.05) is 39.8 Å². The summed E-state index contributed by atoms with van der Waals surface area (Å²) in [6.07, 6.45) is 4.21. The molecule has 2 saturated heterocycles. The van der Waals surface area contributed by atoms with Crippen molar-refractivity contribution in [3.8, 4) is 0 Å². The summed E-state index contributed by atoms with van der Waals surface area (Å²) in [4.78, 5) is 5.32. The average molecular weight is 267 g/mol. The molecule has 3 atom stereocenters. The van der Waals surface area contributed by atoms with E-state index in [1.54, 1.807) is 0 Å². The standard InChI is InChI=1S/C16H33N3/c1-5-17-15(13(2)3)12-19-10-8-16-14(11-19)7-6-9-18(16)4/h13-17H,5-12H2,1-4H3. The van der Waals surface area contributed by atoms with Crippen molar-refractivity contribution in [2.45, 2.75) is 52.1 Å². The lowest BCUT2D eigenvalue weighted by atomic mass is 9.84. The van der Waals surface area contributed by atoms with E-state index in [4.69, 9.17) is 0 Å². The molecule has 1 N–H and O–H groups in total. The third-order valence-corrected chi connectivity index (χ3v) is 5.16. The zero-order chi connectivity index (χ0) is 13.8. The van der Waals surface area contributed by atoms with E-state index in [1.165, 1.54) is 45.4 Å². The van der Waals surface area contributed by atoms with Crippen molar-refractivity contribution < 1.29 is 0 Å². The van der Waals surface area contributed by atoms with Gasteiger partial charge in [-0.15, -0.1) is 0 Å². The first-order chi connectivity index (χ1) is 9.11. The van der Waals surface area contributed by atoms with Crippen LogP contribution in [0, 0.1) is 11.8 Å². The summed E-state index contributed by atoms with van der Waals surface area (Å²) in [5, 5.41) is 3.66. The van der Waals surface area contributed by atoms with Crippen LogP contribution in [-0.2, 0) is 0 Å². The van der Waals surface area contributed by atoms with Gasteiger partial charge in [0.25, 0.3) is 0 Å². The Labute approximate surface area is 119 Å². The van der Waals surface area contributed by atoms with Gasteiger partial charge >= 0.3 is 0 Å². The van der Waals surface area contributed by atoms with E-state index in [0.717, 1.165) is 24.4 Å². The summed E-state index contributed by atoms with van der Waals surface area (Å²) < 4.78 is 0. The van der Waals surface area contributed by atoms with Gasteiger partial charge in [0.05, 0.1) is 0 Å². The molecule has 2 aliphatic rings. The SMILES string of the molecule is CCNC(CN1CCC2C(CCCN2C)C1)C(C)C. The highest BCUT2D eigenvalue weighted by atomic mass is 15.2. The first-order valence-corrected chi connectivity index (χ1v) is 8.27. The van der Waals surface area contributed by atoms with E-state index in [0.29, 0.717) is 6.04 Å². The first-order valence-electron chi connectivity index (χ1n) is 8.27. The summed E-state index contributed by atoms with van der Waals surface area (Å²) >= 11 is 0. The number of likely N-dealkylation sites (N-methyl/N-ethyl adjacent to an activating group) is 1. The van der Waals surface area contributed by atoms with Gasteiger partial charge in [-0.1, -0.05) is 20.8 Å². The highest BCUT2D eigenvalue weighted by Crippen LogP contribution is 2.29. The van der Waals surface area contributed by atoms with Gasteiger partial charge < -0.3 is 15.1 Å². The van der Waals surface area contributed by atoms with E-state index in [2.05, 4.69) is 42.9 Å². The summed E-state index contributed by atoms with van der Waals surface area (Å²) in [7, 11) is 2.32. The molecule has 0 saturated carbocycles. The van der Waals surface area contributed by atoms with Crippen LogP contribution in [0.1, 0.15) is 40.0 Å². The molecule has 3 heteroatoms. The molecule has 3 unspecified atom stereocenters. The summed E-state index contributed by atoms with van der Waals surface area (Å²) in [6, 6.07) is 1.52. The normalized spacial score (nSPS) is 31.4. The third-order valence-electron chi connectivity index (χ3n) is 5.16. The molecule has 0 aromatic heterocycles. The number of likely N-dealkylation sites (tertiary alicyclic amines) is 2. The van der Waals surface area contributed by atoms with Crippen LogP contribution in [0.25, 0.3) is 0 Å². The molecule has 0 aliphatic carbocycles. The van der Waals surface area contributed by atoms with Crippen LogP contribution < -0.4 is 5.32 Å². The molecule has 2 fully saturated rings. The Morgan fingerprint density at radius 3 is 2.68 bits per heavy atom. The van der Waals surface area contributed by atoms with Gasteiger partial charge in [0, 0.05) is 25.2 Å². The fourth-order valence-corrected chi connectivity index (χ4v) is 3.95. The molecular formula is C16H33N3. The molecule has 0 amide bonds. The minimum absolute atomic E-state index is 0.655. The minimum atomic E-state index is 0.655. The monoisotopic (exact) mass is 267 g/mol. The first kappa shape index (κ1) is 15.3. The predicted molar refractivity (Wildman–Crippen MR) is 82.5 cm³/mol. The Balaban J connectivity index is 1.86. The maximum Gasteiger partial charge on any atom is 0.0217 e. The van der Waals surface area contributed by atoms with Gasteiger partial charge in [-0.2, -0.15) is 0 Å². The van der Waals surface area contributed by atoms with Crippen molar-refractivity contribution >= 4 is 0 Å². The average Bonchev–Trinajstić information content (AvgIpc) is 2.38. The number of piperidine rings is 2. The van der Waals surface area contributed by atoms with Gasteiger partial charge in [-0.3, -0.25) is 0 Å². The Kier molecular flexibility index (Phi) is 5.67. The Morgan fingerprint density at radius 1 is 1.21 bits per heavy atom. The maximum atomic E-state index is 3.66. The number of nitrogens with zero attached hydrogens (tertiary/aromatic N) is 2. The van der Waals surface area contributed by atoms with E-state index >= 15 is 0 Å². The maximum absolute atomic E-state index is 3.66. The second kappa shape index (κ2) is 7.05. The molecule has 2 heterocycles. The van der Waals surface area contributed by atoms with Gasteiger partial charge in [0.2, 0.25) is 0 Å². The van der Waals surface area contributed by atoms with Crippen LogP contribution in [0.2, 0.25) is 0 Å². The van der Waals surface area contributed by atoms with Gasteiger partial charge in [-0.05, 0) is 57.8 Å². The van der Waals surface area contributed by atoms with Gasteiger partial charge in [0.1, 0.15) is 0 Å². The Morgan fingerprint density at radius 2 is 2.00 bits per heavy atom. The molecule has 2 aliphatic heterocycles. The van der Waals surface area contributed by atoms with Crippen LogP contribution in [-0.4, -0.2) is 61.7 Å². The number of hydrogen-bond acceptors (Lipinski definition) is 3. The number of fused-ring (bicyclic) bond motifs is 1. The lowest BCUT2D eigenvalue weighted by molar-refractivity contribution is 0.0328. The highest BCUT2D eigenvalue weighted by molar-refractivity contribution is 4.90. The highest BCUT2D eigenvalue weighted by Gasteiger charge is 2.34. The minimum Gasteiger partial charge on any atom is -0.313 e. The van der Waals surface area contributed by atoms with Crippen LogP contribution in [0.3, 0.4) is 0 Å². The number of hydrogen-bond donors (Lipinski definition) is 1. The molecule has 0 aromatic rings. The third kappa shape index (κ3) is 3.93. The van der Waals surface area contributed by atoms with Gasteiger partial charge in [0.15, 0.2) is 0 Å². The molecule has 112 valence electrons. The quantitative estimate of drug-likeness (QED) is 0.822. The van der Waals surface area contributed by atoms with Crippen LogP contribution in [0.4, 0.5) is 0 Å². The van der Waals surface area contributed by atoms with Gasteiger partial charge in [-0.25, -0.2) is 0 Å². The lowest BCUT2D eigenvalue weighted by Crippen LogP contribution is -2.55. The smallest absolute Gasteiger partial charge is 0.0217 e. The van der Waals surface area contributed by atoms with Crippen LogP contribution in [0.5, 0.6) is 0 Å². The van der Waals surface area contributed by atoms with Crippen molar-refractivity contribution in [2.24, 2.45) is 11.8 Å². The topological polar surface area (TPSA) is 18.5 Å². The van der Waals surface area contributed by atoms with Crippen molar-refractivity contribution in [1.29, 1.82) is 0 Å². The summed E-state index contributed by atoms with van der Waals surface area (Å²) in [5.41, 5.74) is 0. The van der Waals surface area contributed by atoms with Crippen LogP contribution in [0.15, 0.2) is 0 Å². The van der Waals surface area contributed by atoms with E-state index in [1.807, 2.05) is 0 Å². The molecule has 0 bridgehead atoms. The molecule has 0 spiro atoms. The second-order valence-corrected chi connectivity index (χ2v) is 6.91. The summed E-state index contributed by atoms with van der Waals surface area (Å²) in [5.74, 6) is 1.65. The van der Waals surface area contributed by atoms with E-state index < -0.39 is 0 Å². The Bertz CT molecular complexity index is 267. The Hall–Kier alpha value is -0.120. The number of nitrogens with one attached hydrogen (secondary N) is 1. The fourth-order valence-electron chi connectivity index (χ4n) is 3.95. The van der Waals surface area contributed by atoms with Crippen molar-refractivity contribution in [3.63, 3.8) is 0 Å². The molecular weight excluding hydrogens is 234 g/mol. The van der Waals surface area contributed by atoms with E-state index in [9.17, 15) is 0 Å². The lowest BCUT2D eigenvalue weighted by Gasteiger charge is -2.46. The van der Waals surface area contributed by atoms with Crippen LogP contribution >= 0.6 is 0 Å². The molecule has 0 aromatic carbocycles. The molecule has 0 radical (unpaired) electrons. The second-order valence-electron chi connectivity index (χ2n) is 6.91. The number of rotatable bonds is 5. The van der Waals surface area contributed by atoms with Crippen molar-refractivity contribution in [3.05, 3.63) is 0 Å². The zero-order valence-electron chi connectivity index (χ0n) is 13.4. The van der Waals surface area contributed by atoms with Crippen molar-refractivity contribution in [1.82, 2.24) is 15.1 Å². The molecule has 2 rings (SSSR count). The molecule has 19 heavy (non-hydrogen) atoms. The predicted octanol–water partition coefficient (Wildman–Crippen LogP) is 2.04. The fraction of sp³-hybridized carbons (Fsp3) is 1.00. The van der Waals surface area contributed by atoms with E-state index in [-0.39, 0.29) is 0 Å². The summed E-state index contributed by atoms with van der Waals surface area (Å²) in [6.45, 7) is 13.2. The zero-order valence-corrected chi connectivity index (χ0v) is 13.4.